The maximum absolute atomic E-state index is 13.3. The maximum atomic E-state index is 13.3. The summed E-state index contributed by atoms with van der Waals surface area (Å²) < 4.78 is 43.1. The van der Waals surface area contributed by atoms with E-state index in [1.165, 1.54) is 24.5 Å². The Bertz CT molecular complexity index is 760. The lowest BCUT2D eigenvalue weighted by atomic mass is 10.3. The van der Waals surface area contributed by atoms with Crippen molar-refractivity contribution in [3.05, 3.63) is 54.2 Å². The van der Waals surface area contributed by atoms with Gasteiger partial charge in [0.1, 0.15) is 11.6 Å². The molecule has 1 aromatic heterocycles. The number of carbonyl (C=O) groups is 1. The van der Waals surface area contributed by atoms with Gasteiger partial charge < -0.3 is 9.73 Å². The zero-order valence-corrected chi connectivity index (χ0v) is 13.3. The molecule has 1 heterocycles. The average Bonchev–Trinajstić information content (AvgIpc) is 2.97. The fraction of sp³-hybridized carbons (Fsp3) is 0.267. The second-order valence-electron chi connectivity index (χ2n) is 4.92. The van der Waals surface area contributed by atoms with Gasteiger partial charge in [-0.3, -0.25) is 9.10 Å². The molecule has 23 heavy (non-hydrogen) atoms. The third-order valence-electron chi connectivity index (χ3n) is 3.08. The Kier molecular flexibility index (Phi) is 5.38. The van der Waals surface area contributed by atoms with Crippen LogP contribution in [0.1, 0.15) is 12.2 Å². The van der Waals surface area contributed by atoms with E-state index in [9.17, 15) is 17.6 Å². The number of carbonyl (C=O) groups excluding carboxylic acids is 1. The van der Waals surface area contributed by atoms with E-state index in [-0.39, 0.29) is 31.1 Å². The Balaban J connectivity index is 1.97. The highest BCUT2D eigenvalue weighted by atomic mass is 32.2. The predicted molar refractivity (Wildman–Crippen MR) is 83.8 cm³/mol. The summed E-state index contributed by atoms with van der Waals surface area (Å²) in [6.07, 6.45) is 2.46. The molecule has 1 aromatic carbocycles. The summed E-state index contributed by atoms with van der Waals surface area (Å²) in [4.78, 5) is 11.8. The second kappa shape index (κ2) is 7.28. The number of furan rings is 1. The first-order valence-electron chi connectivity index (χ1n) is 6.88. The molecule has 0 saturated heterocycles. The quantitative estimate of drug-likeness (QED) is 0.835. The minimum atomic E-state index is -3.62. The molecule has 0 aliphatic rings. The van der Waals surface area contributed by atoms with Crippen LogP contribution in [-0.4, -0.2) is 27.1 Å². The number of anilines is 1. The minimum Gasteiger partial charge on any atom is -0.467 e. The summed E-state index contributed by atoms with van der Waals surface area (Å²) in [7, 11) is -3.62. The molecule has 0 atom stereocenters. The summed E-state index contributed by atoms with van der Waals surface area (Å²) >= 11 is 0. The number of hydrogen-bond donors (Lipinski definition) is 1. The van der Waals surface area contributed by atoms with Gasteiger partial charge in [-0.1, -0.05) is 6.07 Å². The van der Waals surface area contributed by atoms with Gasteiger partial charge in [0, 0.05) is 13.0 Å². The smallest absolute Gasteiger partial charge is 0.232 e. The SMILES string of the molecule is CS(=O)(=O)N(CCC(=O)NCc1ccco1)c1cccc(F)c1. The van der Waals surface area contributed by atoms with Gasteiger partial charge in [0.05, 0.1) is 24.8 Å². The Morgan fingerprint density at radius 2 is 2.09 bits per heavy atom. The van der Waals surface area contributed by atoms with Crippen molar-refractivity contribution in [1.82, 2.24) is 5.32 Å². The normalized spacial score (nSPS) is 11.2. The van der Waals surface area contributed by atoms with Crippen LogP contribution in [-0.2, 0) is 21.4 Å². The van der Waals surface area contributed by atoms with Crippen LogP contribution in [0.3, 0.4) is 0 Å². The van der Waals surface area contributed by atoms with Gasteiger partial charge in [-0.25, -0.2) is 12.8 Å². The van der Waals surface area contributed by atoms with Gasteiger partial charge in [-0.05, 0) is 30.3 Å². The average molecular weight is 340 g/mol. The van der Waals surface area contributed by atoms with Gasteiger partial charge in [-0.2, -0.15) is 0 Å². The van der Waals surface area contributed by atoms with Gasteiger partial charge in [0.25, 0.3) is 0 Å². The Morgan fingerprint density at radius 1 is 1.30 bits per heavy atom. The molecule has 1 amide bonds. The number of benzene rings is 1. The number of nitrogens with one attached hydrogen (secondary N) is 1. The van der Waals surface area contributed by atoms with E-state index in [4.69, 9.17) is 4.42 Å². The van der Waals surface area contributed by atoms with Gasteiger partial charge in [0.15, 0.2) is 0 Å². The molecule has 124 valence electrons. The number of sulfonamides is 1. The van der Waals surface area contributed by atoms with Crippen LogP contribution in [0.25, 0.3) is 0 Å². The van der Waals surface area contributed by atoms with Crippen molar-refractivity contribution < 1.29 is 22.0 Å². The van der Waals surface area contributed by atoms with Crippen LogP contribution >= 0.6 is 0 Å². The van der Waals surface area contributed by atoms with Crippen molar-refractivity contribution >= 4 is 21.6 Å². The van der Waals surface area contributed by atoms with Crippen LogP contribution in [0.5, 0.6) is 0 Å². The van der Waals surface area contributed by atoms with Crippen LogP contribution < -0.4 is 9.62 Å². The Labute approximate surface area is 134 Å². The molecule has 6 nitrogen and oxygen atoms in total. The number of amides is 1. The van der Waals surface area contributed by atoms with Crippen LogP contribution in [0.4, 0.5) is 10.1 Å². The third kappa shape index (κ3) is 5.10. The first kappa shape index (κ1) is 17.0. The molecule has 0 saturated carbocycles. The molecular weight excluding hydrogens is 323 g/mol. The molecule has 0 bridgehead atoms. The molecule has 8 heteroatoms. The summed E-state index contributed by atoms with van der Waals surface area (Å²) in [6.45, 7) is 0.150. The number of hydrogen-bond acceptors (Lipinski definition) is 4. The van der Waals surface area contributed by atoms with E-state index in [1.54, 1.807) is 12.1 Å². The van der Waals surface area contributed by atoms with Crippen molar-refractivity contribution in [2.24, 2.45) is 0 Å². The summed E-state index contributed by atoms with van der Waals surface area (Å²) in [6, 6.07) is 8.65. The van der Waals surface area contributed by atoms with Gasteiger partial charge in [0.2, 0.25) is 15.9 Å². The second-order valence-corrected chi connectivity index (χ2v) is 6.83. The number of halogens is 1. The fourth-order valence-corrected chi connectivity index (χ4v) is 2.93. The molecule has 2 rings (SSSR count). The van der Waals surface area contributed by atoms with Crippen molar-refractivity contribution in [3.63, 3.8) is 0 Å². The van der Waals surface area contributed by atoms with Crippen LogP contribution in [0, 0.1) is 5.82 Å². The molecule has 1 N–H and O–H groups in total. The highest BCUT2D eigenvalue weighted by molar-refractivity contribution is 7.92. The molecular formula is C15H17FN2O4S. The lowest BCUT2D eigenvalue weighted by Gasteiger charge is -2.22. The lowest BCUT2D eigenvalue weighted by Crippen LogP contribution is -2.34. The van der Waals surface area contributed by atoms with E-state index < -0.39 is 15.8 Å². The highest BCUT2D eigenvalue weighted by Crippen LogP contribution is 2.18. The number of nitrogens with zero attached hydrogens (tertiary/aromatic N) is 1. The first-order valence-corrected chi connectivity index (χ1v) is 8.73. The first-order chi connectivity index (χ1) is 10.9. The standard InChI is InChI=1S/C15H17FN2O4S/c1-23(20,21)18(13-5-2-4-12(16)10-13)8-7-15(19)17-11-14-6-3-9-22-14/h2-6,9-10H,7-8,11H2,1H3,(H,17,19). The van der Waals surface area contributed by atoms with E-state index in [0.29, 0.717) is 5.76 Å². The van der Waals surface area contributed by atoms with E-state index >= 15 is 0 Å². The molecule has 0 unspecified atom stereocenters. The predicted octanol–water partition coefficient (Wildman–Crippen LogP) is 1.89. The largest absolute Gasteiger partial charge is 0.467 e. The lowest BCUT2D eigenvalue weighted by molar-refractivity contribution is -0.121. The minimum absolute atomic E-state index is 0.0513. The van der Waals surface area contributed by atoms with E-state index in [0.717, 1.165) is 16.6 Å². The molecule has 0 aliphatic heterocycles. The molecule has 0 radical (unpaired) electrons. The monoisotopic (exact) mass is 340 g/mol. The highest BCUT2D eigenvalue weighted by Gasteiger charge is 2.19. The molecule has 0 spiro atoms. The fourth-order valence-electron chi connectivity index (χ4n) is 2.01. The molecule has 0 fully saturated rings. The third-order valence-corrected chi connectivity index (χ3v) is 4.27. The van der Waals surface area contributed by atoms with Crippen molar-refractivity contribution in [2.45, 2.75) is 13.0 Å². The number of rotatable bonds is 7. The van der Waals surface area contributed by atoms with Crippen molar-refractivity contribution in [3.8, 4) is 0 Å². The van der Waals surface area contributed by atoms with Gasteiger partial charge in [-0.15, -0.1) is 0 Å². The van der Waals surface area contributed by atoms with Gasteiger partial charge >= 0.3 is 0 Å². The van der Waals surface area contributed by atoms with Crippen molar-refractivity contribution in [2.75, 3.05) is 17.1 Å². The zero-order valence-electron chi connectivity index (χ0n) is 12.5. The molecule has 0 aliphatic carbocycles. The zero-order chi connectivity index (χ0) is 16.9. The van der Waals surface area contributed by atoms with Crippen molar-refractivity contribution in [1.29, 1.82) is 0 Å². The summed E-state index contributed by atoms with van der Waals surface area (Å²) in [5.41, 5.74) is 0.186. The van der Waals surface area contributed by atoms with Crippen LogP contribution in [0.15, 0.2) is 47.1 Å². The van der Waals surface area contributed by atoms with E-state index in [1.807, 2.05) is 0 Å². The van der Waals surface area contributed by atoms with E-state index in [2.05, 4.69) is 5.32 Å². The summed E-state index contributed by atoms with van der Waals surface area (Å²) in [5, 5.41) is 2.63. The summed E-state index contributed by atoms with van der Waals surface area (Å²) in [5.74, 6) is -0.270. The molecule has 2 aromatic rings. The topological polar surface area (TPSA) is 79.6 Å². The maximum Gasteiger partial charge on any atom is 0.232 e. The Morgan fingerprint density at radius 3 is 2.70 bits per heavy atom. The van der Waals surface area contributed by atoms with Crippen LogP contribution in [0.2, 0.25) is 0 Å². The Hall–Kier alpha value is -2.35.